The molecule has 0 saturated carbocycles. The molecule has 0 spiro atoms. The third-order valence-electron chi connectivity index (χ3n) is 3.74. The predicted molar refractivity (Wildman–Crippen MR) is 68.8 cm³/mol. The van der Waals surface area contributed by atoms with E-state index in [2.05, 4.69) is 21.6 Å². The van der Waals surface area contributed by atoms with Gasteiger partial charge in [0.1, 0.15) is 0 Å². The summed E-state index contributed by atoms with van der Waals surface area (Å²) in [5.74, 6) is 0.299. The van der Waals surface area contributed by atoms with E-state index >= 15 is 0 Å². The van der Waals surface area contributed by atoms with E-state index in [1.807, 2.05) is 12.2 Å². The van der Waals surface area contributed by atoms with E-state index in [0.717, 1.165) is 29.8 Å². The van der Waals surface area contributed by atoms with Crippen LogP contribution in [0.4, 0.5) is 0 Å². The molecule has 0 radical (unpaired) electrons. The Balaban J connectivity index is 1.92. The van der Waals surface area contributed by atoms with Gasteiger partial charge >= 0.3 is 0 Å². The van der Waals surface area contributed by atoms with Gasteiger partial charge in [0.05, 0.1) is 5.70 Å². The molecule has 0 aromatic rings. The van der Waals surface area contributed by atoms with Crippen LogP contribution in [-0.2, 0) is 9.59 Å². The summed E-state index contributed by atoms with van der Waals surface area (Å²) < 4.78 is 0. The monoisotopic (exact) mass is 257 g/mol. The van der Waals surface area contributed by atoms with E-state index in [-0.39, 0.29) is 23.7 Å². The van der Waals surface area contributed by atoms with Crippen LogP contribution in [0, 0.1) is 11.8 Å². The number of azo groups is 1. The van der Waals surface area contributed by atoms with Gasteiger partial charge in [0.25, 0.3) is 5.91 Å². The second-order valence-electron chi connectivity index (χ2n) is 5.16. The summed E-state index contributed by atoms with van der Waals surface area (Å²) in [6, 6.07) is 0. The lowest BCUT2D eigenvalue weighted by Crippen LogP contribution is -2.25. The van der Waals surface area contributed by atoms with Crippen molar-refractivity contribution in [2.45, 2.75) is 26.2 Å². The molecule has 2 atom stereocenters. The molecule has 1 aliphatic heterocycles. The molecule has 0 bridgehead atoms. The molecule has 3 rings (SSSR count). The van der Waals surface area contributed by atoms with Crippen LogP contribution in [0.1, 0.15) is 26.2 Å². The number of fused-ring (bicyclic) bond motifs is 2. The van der Waals surface area contributed by atoms with E-state index in [0.29, 0.717) is 6.42 Å². The molecule has 0 saturated heterocycles. The Morgan fingerprint density at radius 1 is 1.32 bits per heavy atom. The number of carbonyl (C=O) groups is 2. The van der Waals surface area contributed by atoms with E-state index in [9.17, 15) is 9.59 Å². The minimum Gasteiger partial charge on any atom is -0.327 e. The van der Waals surface area contributed by atoms with Crippen molar-refractivity contribution in [3.05, 3.63) is 35.2 Å². The van der Waals surface area contributed by atoms with Gasteiger partial charge in [-0.15, -0.1) is 5.11 Å². The highest BCUT2D eigenvalue weighted by Crippen LogP contribution is 2.41. The van der Waals surface area contributed by atoms with Crippen molar-refractivity contribution >= 4 is 11.8 Å². The van der Waals surface area contributed by atoms with Crippen molar-refractivity contribution in [3.63, 3.8) is 0 Å². The minimum absolute atomic E-state index is 0.0661. The Labute approximate surface area is 111 Å². The lowest BCUT2D eigenvalue weighted by molar-refractivity contribution is -0.120. The van der Waals surface area contributed by atoms with Crippen molar-refractivity contribution in [2.75, 3.05) is 0 Å². The molecule has 1 heterocycles. The van der Waals surface area contributed by atoms with Gasteiger partial charge in [0.15, 0.2) is 0 Å². The Morgan fingerprint density at radius 3 is 2.95 bits per heavy atom. The van der Waals surface area contributed by atoms with Crippen molar-refractivity contribution in [1.82, 2.24) is 5.32 Å². The Morgan fingerprint density at radius 2 is 2.16 bits per heavy atom. The largest absolute Gasteiger partial charge is 0.327 e. The summed E-state index contributed by atoms with van der Waals surface area (Å²) in [5, 5.41) is 10.6. The lowest BCUT2D eigenvalue weighted by Gasteiger charge is -2.31. The molecule has 0 aromatic carbocycles. The number of hydrogen-bond donors (Lipinski definition) is 1. The van der Waals surface area contributed by atoms with Crippen molar-refractivity contribution < 1.29 is 9.59 Å². The molecule has 3 aliphatic rings. The Kier molecular flexibility index (Phi) is 2.89. The van der Waals surface area contributed by atoms with Gasteiger partial charge in [-0.3, -0.25) is 9.59 Å². The first-order chi connectivity index (χ1) is 9.13. The maximum absolute atomic E-state index is 11.3. The quantitative estimate of drug-likeness (QED) is 0.782. The number of allylic oxidation sites excluding steroid dienone is 5. The van der Waals surface area contributed by atoms with Gasteiger partial charge in [-0.1, -0.05) is 12.2 Å². The maximum atomic E-state index is 11.3. The fraction of sp³-hybridized carbons (Fsp3) is 0.429. The summed E-state index contributed by atoms with van der Waals surface area (Å²) in [6.07, 6.45) is 8.35. The second kappa shape index (κ2) is 4.57. The zero-order chi connectivity index (χ0) is 13.4. The molecule has 1 N–H and O–H groups in total. The first kappa shape index (κ1) is 12.0. The molecule has 2 aliphatic carbocycles. The average Bonchev–Trinajstić information content (AvgIpc) is 2.37. The standard InChI is InChI=1S/C14H15N3O2/c1-8(18)15-11-4-5-12-9(6-11)2-3-10-7-13(19)16-17-14(10)12/h4-6,9-10H,2-3,7H2,1H3,(H,15,18). The van der Waals surface area contributed by atoms with Crippen LogP contribution in [0.15, 0.2) is 45.4 Å². The third kappa shape index (κ3) is 2.28. The number of hydrogen-bond acceptors (Lipinski definition) is 3. The van der Waals surface area contributed by atoms with Gasteiger partial charge in [-0.05, 0) is 24.5 Å². The first-order valence-corrected chi connectivity index (χ1v) is 6.49. The highest BCUT2D eigenvalue weighted by Gasteiger charge is 2.33. The van der Waals surface area contributed by atoms with Gasteiger partial charge < -0.3 is 5.32 Å². The van der Waals surface area contributed by atoms with Crippen LogP contribution < -0.4 is 5.32 Å². The number of rotatable bonds is 1. The highest BCUT2D eigenvalue weighted by atomic mass is 16.2. The van der Waals surface area contributed by atoms with Crippen molar-refractivity contribution in [3.8, 4) is 0 Å². The predicted octanol–water partition coefficient (Wildman–Crippen LogP) is 2.24. The summed E-state index contributed by atoms with van der Waals surface area (Å²) in [7, 11) is 0. The highest BCUT2D eigenvalue weighted by molar-refractivity contribution is 5.78. The van der Waals surface area contributed by atoms with E-state index in [1.165, 1.54) is 6.92 Å². The van der Waals surface area contributed by atoms with Crippen LogP contribution in [0.5, 0.6) is 0 Å². The van der Waals surface area contributed by atoms with Crippen molar-refractivity contribution in [1.29, 1.82) is 0 Å². The third-order valence-corrected chi connectivity index (χ3v) is 3.74. The van der Waals surface area contributed by atoms with E-state index in [4.69, 9.17) is 0 Å². The van der Waals surface area contributed by atoms with Crippen LogP contribution >= 0.6 is 0 Å². The molecule has 98 valence electrons. The molecule has 0 aromatic heterocycles. The van der Waals surface area contributed by atoms with Gasteiger partial charge in [-0.2, -0.15) is 5.11 Å². The summed E-state index contributed by atoms with van der Waals surface area (Å²) in [5.41, 5.74) is 2.93. The number of nitrogens with zero attached hydrogens (tertiary/aromatic N) is 2. The number of amides is 2. The lowest BCUT2D eigenvalue weighted by atomic mass is 9.76. The fourth-order valence-corrected chi connectivity index (χ4v) is 2.92. The Bertz CT molecular complexity index is 569. The molecule has 5 nitrogen and oxygen atoms in total. The minimum atomic E-state index is -0.123. The molecule has 19 heavy (non-hydrogen) atoms. The van der Waals surface area contributed by atoms with Crippen LogP contribution in [-0.4, -0.2) is 11.8 Å². The topological polar surface area (TPSA) is 70.9 Å². The van der Waals surface area contributed by atoms with Gasteiger partial charge in [-0.25, -0.2) is 0 Å². The SMILES string of the molecule is CC(=O)NC1=CC2CCC3CC(=O)N=NC3=C2C=C1. The number of carbonyl (C=O) groups excluding carboxylic acids is 2. The number of nitrogens with one attached hydrogen (secondary N) is 1. The normalized spacial score (nSPS) is 28.7. The fourth-order valence-electron chi connectivity index (χ4n) is 2.92. The van der Waals surface area contributed by atoms with Crippen LogP contribution in [0.2, 0.25) is 0 Å². The molecule has 5 heteroatoms. The molecule has 2 unspecified atom stereocenters. The molecule has 0 fully saturated rings. The van der Waals surface area contributed by atoms with E-state index in [1.54, 1.807) is 0 Å². The zero-order valence-electron chi connectivity index (χ0n) is 10.7. The average molecular weight is 257 g/mol. The Hall–Kier alpha value is -2.04. The summed E-state index contributed by atoms with van der Waals surface area (Å²) in [6.45, 7) is 1.50. The van der Waals surface area contributed by atoms with Crippen molar-refractivity contribution in [2.24, 2.45) is 22.1 Å². The summed E-state index contributed by atoms with van der Waals surface area (Å²) >= 11 is 0. The molecular formula is C14H15N3O2. The molecular weight excluding hydrogens is 242 g/mol. The second-order valence-corrected chi connectivity index (χ2v) is 5.16. The van der Waals surface area contributed by atoms with Crippen LogP contribution in [0.25, 0.3) is 0 Å². The molecule has 2 amide bonds. The van der Waals surface area contributed by atoms with Gasteiger partial charge in [0, 0.05) is 30.9 Å². The smallest absolute Gasteiger partial charge is 0.265 e. The van der Waals surface area contributed by atoms with Gasteiger partial charge in [0.2, 0.25) is 5.91 Å². The summed E-state index contributed by atoms with van der Waals surface area (Å²) in [4.78, 5) is 22.4. The van der Waals surface area contributed by atoms with E-state index < -0.39 is 0 Å². The maximum Gasteiger partial charge on any atom is 0.265 e. The zero-order valence-corrected chi connectivity index (χ0v) is 10.7. The first-order valence-electron chi connectivity index (χ1n) is 6.49. The van der Waals surface area contributed by atoms with Crippen LogP contribution in [0.3, 0.4) is 0 Å².